The Bertz CT molecular complexity index is 351. The number of methoxy groups -OCH3 is 1. The maximum Gasteiger partial charge on any atom is 0.385 e. The van der Waals surface area contributed by atoms with Gasteiger partial charge >= 0.3 is 35.9 Å². The molecular formula is C7H4F8O3. The van der Waals surface area contributed by atoms with Crippen molar-refractivity contribution >= 4 is 11.8 Å². The predicted molar refractivity (Wildman–Crippen MR) is 37.9 cm³/mol. The number of carbonyl (C=O) groups is 2. The van der Waals surface area contributed by atoms with Crippen molar-refractivity contribution in [2.75, 3.05) is 7.11 Å². The van der Waals surface area contributed by atoms with Gasteiger partial charge in [0.2, 0.25) is 0 Å². The van der Waals surface area contributed by atoms with Crippen molar-refractivity contribution in [3.8, 4) is 0 Å². The highest BCUT2D eigenvalue weighted by Crippen LogP contribution is 2.48. The fourth-order valence-corrected chi connectivity index (χ4v) is 0.710. The van der Waals surface area contributed by atoms with E-state index in [0.29, 0.717) is 7.11 Å². The first-order chi connectivity index (χ1) is 7.84. The molecule has 0 aromatic heterocycles. The van der Waals surface area contributed by atoms with Crippen molar-refractivity contribution in [2.24, 2.45) is 0 Å². The third-order valence-corrected chi connectivity index (χ3v) is 1.74. The summed E-state index contributed by atoms with van der Waals surface area (Å²) in [7, 11) is 0.333. The summed E-state index contributed by atoms with van der Waals surface area (Å²) in [6.45, 7) is 0. The topological polar surface area (TPSA) is 43.4 Å². The molecule has 0 unspecified atom stereocenters. The van der Waals surface area contributed by atoms with Crippen molar-refractivity contribution in [1.29, 1.82) is 0 Å². The molecule has 106 valence electrons. The van der Waals surface area contributed by atoms with E-state index in [2.05, 4.69) is 4.74 Å². The quantitative estimate of drug-likeness (QED) is 0.441. The van der Waals surface area contributed by atoms with Crippen LogP contribution in [0.2, 0.25) is 0 Å². The Morgan fingerprint density at radius 3 is 1.67 bits per heavy atom. The fourth-order valence-electron chi connectivity index (χ4n) is 0.710. The fraction of sp³-hybridized carbons (Fsp3) is 0.714. The van der Waals surface area contributed by atoms with E-state index >= 15 is 0 Å². The Kier molecular flexibility index (Phi) is 4.32. The first-order valence-corrected chi connectivity index (χ1v) is 3.88. The minimum absolute atomic E-state index is 0.333. The molecule has 0 saturated heterocycles. The van der Waals surface area contributed by atoms with Crippen molar-refractivity contribution in [3.63, 3.8) is 0 Å². The zero-order valence-electron chi connectivity index (χ0n) is 8.33. The molecule has 0 saturated carbocycles. The number of hydrogen-bond donors (Lipinski definition) is 0. The molecular weight excluding hydrogens is 284 g/mol. The monoisotopic (exact) mass is 288 g/mol. The summed E-state index contributed by atoms with van der Waals surface area (Å²) in [6.07, 6.45) is -5.16. The zero-order valence-corrected chi connectivity index (χ0v) is 8.33. The largest absolute Gasteiger partial charge is 0.463 e. The van der Waals surface area contributed by atoms with Crippen LogP contribution < -0.4 is 0 Å². The Morgan fingerprint density at radius 1 is 1.00 bits per heavy atom. The molecule has 0 aromatic carbocycles. The maximum absolute atomic E-state index is 12.7. The van der Waals surface area contributed by atoms with E-state index < -0.39 is 35.9 Å². The van der Waals surface area contributed by atoms with E-state index in [1.807, 2.05) is 0 Å². The summed E-state index contributed by atoms with van der Waals surface area (Å²) >= 11 is 0. The zero-order chi connectivity index (χ0) is 14.9. The molecule has 0 atom stereocenters. The molecule has 18 heavy (non-hydrogen) atoms. The number of ketones is 1. The molecule has 0 spiro atoms. The molecule has 0 aromatic rings. The maximum atomic E-state index is 12.7. The molecule has 11 heteroatoms. The molecule has 3 nitrogen and oxygen atoms in total. The molecule has 0 rings (SSSR count). The van der Waals surface area contributed by atoms with E-state index in [9.17, 15) is 44.7 Å². The van der Waals surface area contributed by atoms with Crippen LogP contribution in [0, 0.1) is 0 Å². The first-order valence-electron chi connectivity index (χ1n) is 3.88. The van der Waals surface area contributed by atoms with E-state index in [0.717, 1.165) is 0 Å². The number of rotatable bonds is 5. The minimum Gasteiger partial charge on any atom is -0.463 e. The SMILES string of the molecule is COC(=O)C(=O)C(F)(F)C(F)(F)C(F)(F)C(F)F. The number of hydrogen-bond acceptors (Lipinski definition) is 3. The van der Waals surface area contributed by atoms with Crippen LogP contribution in [0.4, 0.5) is 35.1 Å². The average molecular weight is 288 g/mol. The highest BCUT2D eigenvalue weighted by molar-refractivity contribution is 6.36. The molecule has 0 bridgehead atoms. The van der Waals surface area contributed by atoms with Gasteiger partial charge in [-0.3, -0.25) is 4.79 Å². The van der Waals surface area contributed by atoms with Crippen LogP contribution in [0.5, 0.6) is 0 Å². The minimum atomic E-state index is -6.75. The molecule has 0 fully saturated rings. The van der Waals surface area contributed by atoms with E-state index in [4.69, 9.17) is 0 Å². The van der Waals surface area contributed by atoms with Crippen LogP contribution >= 0.6 is 0 Å². The summed E-state index contributed by atoms with van der Waals surface area (Å²) in [5.74, 6) is -25.5. The lowest BCUT2D eigenvalue weighted by molar-refractivity contribution is -0.326. The lowest BCUT2D eigenvalue weighted by Gasteiger charge is -2.30. The second-order valence-electron chi connectivity index (χ2n) is 2.89. The highest BCUT2D eigenvalue weighted by atomic mass is 19.4. The van der Waals surface area contributed by atoms with Gasteiger partial charge in [0.1, 0.15) is 0 Å². The third-order valence-electron chi connectivity index (χ3n) is 1.74. The Labute approximate surface area is 93.7 Å². The van der Waals surface area contributed by atoms with Crippen molar-refractivity contribution in [2.45, 2.75) is 24.2 Å². The number of esters is 1. The molecule has 0 aliphatic rings. The molecule has 0 amide bonds. The van der Waals surface area contributed by atoms with Crippen LogP contribution in [0.1, 0.15) is 0 Å². The molecule has 0 N–H and O–H groups in total. The van der Waals surface area contributed by atoms with Gasteiger partial charge in [0, 0.05) is 0 Å². The standard InChI is InChI=1S/C7H4F8O3/c1-18-3(17)2(16)5(10,11)7(14,15)6(12,13)4(8)9/h4H,1H3. The summed E-state index contributed by atoms with van der Waals surface area (Å²) in [5, 5.41) is 0. The normalized spacial score (nSPS) is 13.7. The van der Waals surface area contributed by atoms with Gasteiger partial charge < -0.3 is 4.74 Å². The number of Topliss-reactive ketones (excluding diaryl/α,β-unsaturated/α-hetero) is 1. The number of ether oxygens (including phenoxy) is 1. The van der Waals surface area contributed by atoms with Crippen LogP contribution in [-0.2, 0) is 14.3 Å². The van der Waals surface area contributed by atoms with Gasteiger partial charge in [-0.25, -0.2) is 13.6 Å². The summed E-state index contributed by atoms with van der Waals surface area (Å²) in [4.78, 5) is 20.7. The second-order valence-corrected chi connectivity index (χ2v) is 2.89. The Morgan fingerprint density at radius 2 is 1.39 bits per heavy atom. The Balaban J connectivity index is 5.59. The summed E-state index contributed by atoms with van der Waals surface area (Å²) in [5.41, 5.74) is 0. The van der Waals surface area contributed by atoms with Gasteiger partial charge in [0.25, 0.3) is 0 Å². The van der Waals surface area contributed by atoms with Gasteiger partial charge in [-0.2, -0.15) is 26.3 Å². The predicted octanol–water partition coefficient (Wildman–Crippen LogP) is 1.90. The lowest BCUT2D eigenvalue weighted by Crippen LogP contribution is -2.62. The van der Waals surface area contributed by atoms with Crippen LogP contribution in [0.3, 0.4) is 0 Å². The van der Waals surface area contributed by atoms with Gasteiger partial charge in [-0.05, 0) is 0 Å². The van der Waals surface area contributed by atoms with Gasteiger partial charge in [-0.15, -0.1) is 0 Å². The highest BCUT2D eigenvalue weighted by Gasteiger charge is 2.79. The van der Waals surface area contributed by atoms with Crippen LogP contribution in [-0.4, -0.2) is 43.1 Å². The number of halogens is 8. The smallest absolute Gasteiger partial charge is 0.385 e. The number of alkyl halides is 8. The molecule has 0 aliphatic heterocycles. The third kappa shape index (κ3) is 2.25. The summed E-state index contributed by atoms with van der Waals surface area (Å²) < 4.78 is 102. The molecule has 0 aliphatic carbocycles. The van der Waals surface area contributed by atoms with Gasteiger partial charge in [0.15, 0.2) is 0 Å². The van der Waals surface area contributed by atoms with Crippen LogP contribution in [0.25, 0.3) is 0 Å². The average Bonchev–Trinajstić information content (AvgIpc) is 2.25. The van der Waals surface area contributed by atoms with Gasteiger partial charge in [0.05, 0.1) is 7.11 Å². The molecule has 0 heterocycles. The lowest BCUT2D eigenvalue weighted by atomic mass is 10.0. The van der Waals surface area contributed by atoms with Crippen molar-refractivity contribution in [3.05, 3.63) is 0 Å². The molecule has 0 radical (unpaired) electrons. The van der Waals surface area contributed by atoms with E-state index in [1.54, 1.807) is 0 Å². The first kappa shape index (κ1) is 16.6. The van der Waals surface area contributed by atoms with E-state index in [1.165, 1.54) is 0 Å². The van der Waals surface area contributed by atoms with Crippen molar-refractivity contribution in [1.82, 2.24) is 0 Å². The van der Waals surface area contributed by atoms with Gasteiger partial charge in [-0.1, -0.05) is 0 Å². The second kappa shape index (κ2) is 4.69. The number of carbonyl (C=O) groups excluding carboxylic acids is 2. The Hall–Kier alpha value is -1.42. The summed E-state index contributed by atoms with van der Waals surface area (Å²) in [6, 6.07) is 0. The van der Waals surface area contributed by atoms with Crippen LogP contribution in [0.15, 0.2) is 0 Å². The van der Waals surface area contributed by atoms with E-state index in [-0.39, 0.29) is 0 Å². The van der Waals surface area contributed by atoms with Crippen molar-refractivity contribution < 1.29 is 49.4 Å².